The fourth-order valence-corrected chi connectivity index (χ4v) is 3.58. The van der Waals surface area contributed by atoms with Gasteiger partial charge in [0.2, 0.25) is 11.8 Å². The van der Waals surface area contributed by atoms with Crippen molar-refractivity contribution in [2.45, 2.75) is 32.8 Å². The van der Waals surface area contributed by atoms with Gasteiger partial charge >= 0.3 is 5.97 Å². The monoisotopic (exact) mass is 404 g/mol. The van der Waals surface area contributed by atoms with Crippen molar-refractivity contribution in [3.63, 3.8) is 0 Å². The van der Waals surface area contributed by atoms with E-state index in [0.29, 0.717) is 23.6 Å². The molecule has 1 aliphatic carbocycles. The molecule has 0 unspecified atom stereocenters. The molecule has 148 valence electrons. The summed E-state index contributed by atoms with van der Waals surface area (Å²) in [4.78, 5) is 50.2. The first-order valence-electron chi connectivity index (χ1n) is 9.04. The fraction of sp³-hybridized carbons (Fsp3) is 0.400. The van der Waals surface area contributed by atoms with Gasteiger partial charge in [0.15, 0.2) is 6.10 Å². The Labute approximate surface area is 167 Å². The van der Waals surface area contributed by atoms with Gasteiger partial charge in [-0.25, -0.2) is 0 Å². The molecule has 8 heteroatoms. The third-order valence-electron chi connectivity index (χ3n) is 5.02. The topological polar surface area (TPSA) is 92.8 Å². The van der Waals surface area contributed by atoms with Crippen LogP contribution in [0.1, 0.15) is 25.3 Å². The number of carbonyl (C=O) groups is 4. The van der Waals surface area contributed by atoms with Gasteiger partial charge in [-0.2, -0.15) is 0 Å². The van der Waals surface area contributed by atoms with Crippen LogP contribution in [0.4, 0.5) is 5.69 Å². The van der Waals surface area contributed by atoms with Crippen molar-refractivity contribution >= 4 is 41.0 Å². The first kappa shape index (κ1) is 20.1. The molecule has 0 aromatic heterocycles. The lowest BCUT2D eigenvalue weighted by Gasteiger charge is -2.17. The Kier molecular flexibility index (Phi) is 5.84. The number of esters is 1. The molecule has 1 aliphatic heterocycles. The number of ether oxygens (including phenoxy) is 1. The molecule has 0 bridgehead atoms. The first-order valence-corrected chi connectivity index (χ1v) is 9.42. The maximum absolute atomic E-state index is 12.4. The Bertz CT molecular complexity index is 840. The highest BCUT2D eigenvalue weighted by atomic mass is 35.5. The van der Waals surface area contributed by atoms with E-state index in [2.05, 4.69) is 5.32 Å². The zero-order valence-electron chi connectivity index (χ0n) is 15.6. The number of halogens is 1. The van der Waals surface area contributed by atoms with Gasteiger partial charge in [0, 0.05) is 10.7 Å². The zero-order chi connectivity index (χ0) is 20.4. The normalized spacial score (nSPS) is 22.0. The summed E-state index contributed by atoms with van der Waals surface area (Å²) in [6.07, 6.45) is 3.65. The number of nitrogens with one attached hydrogen (secondary N) is 1. The molecule has 1 aromatic carbocycles. The highest BCUT2D eigenvalue weighted by Gasteiger charge is 2.47. The van der Waals surface area contributed by atoms with E-state index in [0.717, 1.165) is 10.5 Å². The molecule has 1 N–H and O–H groups in total. The highest BCUT2D eigenvalue weighted by Crippen LogP contribution is 2.34. The number of hydrogen-bond acceptors (Lipinski definition) is 5. The Morgan fingerprint density at radius 3 is 2.43 bits per heavy atom. The van der Waals surface area contributed by atoms with E-state index < -0.39 is 36.4 Å². The van der Waals surface area contributed by atoms with E-state index in [1.807, 2.05) is 19.1 Å². The van der Waals surface area contributed by atoms with Crippen LogP contribution in [0.25, 0.3) is 0 Å². The molecule has 2 aliphatic rings. The quantitative estimate of drug-likeness (QED) is 0.462. The Morgan fingerprint density at radius 2 is 1.82 bits per heavy atom. The van der Waals surface area contributed by atoms with Crippen molar-refractivity contribution in [2.24, 2.45) is 11.8 Å². The van der Waals surface area contributed by atoms with Crippen LogP contribution in [0.5, 0.6) is 0 Å². The van der Waals surface area contributed by atoms with E-state index in [-0.39, 0.29) is 11.8 Å². The van der Waals surface area contributed by atoms with Crippen molar-refractivity contribution in [1.82, 2.24) is 4.90 Å². The van der Waals surface area contributed by atoms with Crippen LogP contribution in [0, 0.1) is 18.8 Å². The molecule has 28 heavy (non-hydrogen) atoms. The van der Waals surface area contributed by atoms with Crippen LogP contribution >= 0.6 is 11.6 Å². The van der Waals surface area contributed by atoms with Crippen LogP contribution in [-0.2, 0) is 23.9 Å². The number of carbonyl (C=O) groups excluding carboxylic acids is 4. The van der Waals surface area contributed by atoms with Crippen molar-refractivity contribution in [3.05, 3.63) is 40.9 Å². The summed E-state index contributed by atoms with van der Waals surface area (Å²) in [6.45, 7) is 2.74. The molecule has 0 spiro atoms. The van der Waals surface area contributed by atoms with E-state index in [4.69, 9.17) is 16.3 Å². The second-order valence-electron chi connectivity index (χ2n) is 7.00. The van der Waals surface area contributed by atoms with Crippen LogP contribution in [0.2, 0.25) is 5.02 Å². The van der Waals surface area contributed by atoms with Gasteiger partial charge in [-0.3, -0.25) is 24.1 Å². The van der Waals surface area contributed by atoms with Gasteiger partial charge in [0.25, 0.3) is 5.91 Å². The van der Waals surface area contributed by atoms with Gasteiger partial charge < -0.3 is 10.1 Å². The van der Waals surface area contributed by atoms with Crippen molar-refractivity contribution < 1.29 is 23.9 Å². The summed E-state index contributed by atoms with van der Waals surface area (Å²) in [5.74, 6) is -2.87. The van der Waals surface area contributed by atoms with Gasteiger partial charge in [0.1, 0.15) is 6.54 Å². The number of likely N-dealkylation sites (tertiary alicyclic amines) is 1. The molecular formula is C20H21ClN2O5. The number of aryl methyl sites for hydroxylation is 1. The Hall–Kier alpha value is -2.67. The maximum Gasteiger partial charge on any atom is 0.326 e. The molecule has 1 aromatic rings. The number of allylic oxidation sites excluding steroid dienone is 2. The smallest absolute Gasteiger partial charge is 0.326 e. The molecule has 0 radical (unpaired) electrons. The average Bonchev–Trinajstić information content (AvgIpc) is 2.90. The van der Waals surface area contributed by atoms with Crippen molar-refractivity contribution in [2.75, 3.05) is 11.9 Å². The number of anilines is 1. The van der Waals surface area contributed by atoms with Gasteiger partial charge in [-0.1, -0.05) is 29.8 Å². The number of rotatable bonds is 5. The molecule has 1 fully saturated rings. The molecule has 1 saturated heterocycles. The summed E-state index contributed by atoms with van der Waals surface area (Å²) in [5, 5.41) is 3.12. The minimum absolute atomic E-state index is 0.358. The number of nitrogens with zero attached hydrogens (tertiary/aromatic N) is 1. The zero-order valence-corrected chi connectivity index (χ0v) is 16.4. The summed E-state index contributed by atoms with van der Waals surface area (Å²) in [6, 6.07) is 5.06. The van der Waals surface area contributed by atoms with E-state index >= 15 is 0 Å². The second kappa shape index (κ2) is 8.14. The van der Waals surface area contributed by atoms with E-state index in [1.165, 1.54) is 6.92 Å². The van der Waals surface area contributed by atoms with Gasteiger partial charge in [0.05, 0.1) is 11.8 Å². The number of hydrogen-bond donors (Lipinski definition) is 1. The fourth-order valence-electron chi connectivity index (χ4n) is 3.41. The molecule has 7 nitrogen and oxygen atoms in total. The summed E-state index contributed by atoms with van der Waals surface area (Å²) < 4.78 is 5.12. The minimum atomic E-state index is -1.09. The average molecular weight is 405 g/mol. The maximum atomic E-state index is 12.4. The summed E-state index contributed by atoms with van der Waals surface area (Å²) in [7, 11) is 0. The standard InChI is InChI=1S/C20H21ClN2O5/c1-11-7-8-13(21)9-16(11)22-18(25)12(2)28-17(24)10-23-19(26)14-5-3-4-6-15(14)20(23)27/h3-4,7-9,12,14-15H,5-6,10H2,1-2H3,(H,22,25)/t12-,14-,15-/m0/s1. The number of imide groups is 1. The summed E-state index contributed by atoms with van der Waals surface area (Å²) in [5.41, 5.74) is 1.32. The van der Waals surface area contributed by atoms with Crippen molar-refractivity contribution in [1.29, 1.82) is 0 Å². The lowest BCUT2D eigenvalue weighted by molar-refractivity contribution is -0.158. The Morgan fingerprint density at radius 1 is 1.21 bits per heavy atom. The SMILES string of the molecule is Cc1ccc(Cl)cc1NC(=O)[C@H](C)OC(=O)CN1C(=O)[C@H]2CC=CC[C@@H]2C1=O. The van der Waals surface area contributed by atoms with E-state index in [1.54, 1.807) is 18.2 Å². The molecule has 3 atom stereocenters. The summed E-state index contributed by atoms with van der Waals surface area (Å²) >= 11 is 5.93. The number of benzene rings is 1. The number of fused-ring (bicyclic) bond motifs is 1. The van der Waals surface area contributed by atoms with Gasteiger partial charge in [-0.15, -0.1) is 0 Å². The predicted molar refractivity (Wildman–Crippen MR) is 102 cm³/mol. The third-order valence-corrected chi connectivity index (χ3v) is 5.26. The van der Waals surface area contributed by atoms with Crippen LogP contribution in [0.15, 0.2) is 30.4 Å². The minimum Gasteiger partial charge on any atom is -0.451 e. The molecule has 3 amide bonds. The van der Waals surface area contributed by atoms with Crippen LogP contribution < -0.4 is 5.32 Å². The lowest BCUT2D eigenvalue weighted by atomic mass is 9.85. The van der Waals surface area contributed by atoms with Crippen LogP contribution in [-0.4, -0.2) is 41.2 Å². The largest absolute Gasteiger partial charge is 0.451 e. The second-order valence-corrected chi connectivity index (χ2v) is 7.44. The number of amides is 3. The molecule has 1 heterocycles. The van der Waals surface area contributed by atoms with Gasteiger partial charge in [-0.05, 0) is 44.4 Å². The third kappa shape index (κ3) is 4.09. The Balaban J connectivity index is 1.57. The highest BCUT2D eigenvalue weighted by molar-refractivity contribution is 6.31. The lowest BCUT2D eigenvalue weighted by Crippen LogP contribution is -2.39. The van der Waals surface area contributed by atoms with Crippen LogP contribution in [0.3, 0.4) is 0 Å². The first-order chi connectivity index (χ1) is 13.3. The molecule has 3 rings (SSSR count). The van der Waals surface area contributed by atoms with E-state index in [9.17, 15) is 19.2 Å². The van der Waals surface area contributed by atoms with Crippen molar-refractivity contribution in [3.8, 4) is 0 Å². The molecule has 0 saturated carbocycles. The molecular weight excluding hydrogens is 384 g/mol. The predicted octanol–water partition coefficient (Wildman–Crippen LogP) is 2.47.